The number of para-hydroxylation sites is 2. The van der Waals surface area contributed by atoms with E-state index in [0.717, 1.165) is 0 Å². The van der Waals surface area contributed by atoms with Crippen LogP contribution in [-0.2, 0) is 9.59 Å². The molecule has 1 fully saturated rings. The van der Waals surface area contributed by atoms with Crippen molar-refractivity contribution in [1.29, 1.82) is 0 Å². The second-order valence-corrected chi connectivity index (χ2v) is 7.14. The van der Waals surface area contributed by atoms with E-state index in [1.807, 2.05) is 31.2 Å². The van der Waals surface area contributed by atoms with Gasteiger partial charge in [-0.2, -0.15) is 0 Å². The fraction of sp³-hybridized carbons (Fsp3) is 0.217. The number of amides is 2. The molecule has 3 aromatic rings. The van der Waals surface area contributed by atoms with E-state index < -0.39 is 5.92 Å². The Kier molecular flexibility index (Phi) is 5.79. The first-order valence-corrected chi connectivity index (χ1v) is 9.99. The first-order chi connectivity index (χ1) is 15.0. The number of nitrogens with one attached hydrogen (secondary N) is 1. The van der Waals surface area contributed by atoms with Crippen LogP contribution in [0.5, 0.6) is 11.5 Å². The van der Waals surface area contributed by atoms with Gasteiger partial charge in [0.25, 0.3) is 0 Å². The third kappa shape index (κ3) is 4.48. The van der Waals surface area contributed by atoms with Crippen molar-refractivity contribution < 1.29 is 19.4 Å². The average molecular weight is 418 g/mol. The Balaban J connectivity index is 1.43. The highest BCUT2D eigenvalue weighted by molar-refractivity contribution is 6.04. The van der Waals surface area contributed by atoms with Crippen molar-refractivity contribution in [2.75, 3.05) is 23.4 Å². The first-order valence-electron chi connectivity index (χ1n) is 9.99. The van der Waals surface area contributed by atoms with Crippen LogP contribution >= 0.6 is 0 Å². The minimum Gasteiger partial charge on any atom is -0.508 e. The molecular weight excluding hydrogens is 396 g/mol. The monoisotopic (exact) mass is 418 g/mol. The molecule has 31 heavy (non-hydrogen) atoms. The average Bonchev–Trinajstić information content (AvgIpc) is 3.16. The van der Waals surface area contributed by atoms with Gasteiger partial charge < -0.3 is 20.1 Å². The Morgan fingerprint density at radius 2 is 1.97 bits per heavy atom. The van der Waals surface area contributed by atoms with Gasteiger partial charge in [0, 0.05) is 18.5 Å². The summed E-state index contributed by atoms with van der Waals surface area (Å²) in [5, 5.41) is 12.4. The van der Waals surface area contributed by atoms with Crippen LogP contribution in [0, 0.1) is 5.92 Å². The number of aromatic hydroxyl groups is 1. The maximum atomic E-state index is 12.7. The zero-order valence-electron chi connectivity index (χ0n) is 17.0. The number of rotatable bonds is 6. The van der Waals surface area contributed by atoms with Crippen molar-refractivity contribution in [2.24, 2.45) is 5.92 Å². The molecule has 0 saturated carbocycles. The van der Waals surface area contributed by atoms with Crippen LogP contribution in [0.4, 0.5) is 11.4 Å². The number of hydrogen-bond acceptors (Lipinski definition) is 6. The Morgan fingerprint density at radius 1 is 1.19 bits per heavy atom. The summed E-state index contributed by atoms with van der Waals surface area (Å²) in [4.78, 5) is 35.4. The SMILES string of the molecule is CCOc1ccccc1N1CC(C(=O)Nc2cnc(-c3cccc(O)c3)nc2)CC1=O. The molecular formula is C23H22N4O4. The predicted octanol–water partition coefficient (Wildman–Crippen LogP) is 3.24. The number of aromatic nitrogens is 2. The second-order valence-electron chi connectivity index (χ2n) is 7.14. The molecule has 1 aliphatic rings. The Morgan fingerprint density at radius 3 is 2.71 bits per heavy atom. The number of carbonyl (C=O) groups is 2. The Hall–Kier alpha value is -3.94. The zero-order valence-corrected chi connectivity index (χ0v) is 17.0. The third-order valence-corrected chi connectivity index (χ3v) is 4.98. The standard InChI is InChI=1S/C23H22N4O4/c1-2-31-20-9-4-3-8-19(20)27-14-16(11-21(27)29)23(30)26-17-12-24-22(25-13-17)15-6-5-7-18(28)10-15/h3-10,12-13,16,28H,2,11,14H2,1H3,(H,26,30). The minimum atomic E-state index is -0.493. The maximum absolute atomic E-state index is 12.7. The van der Waals surface area contributed by atoms with E-state index in [1.165, 1.54) is 12.4 Å². The number of phenols is 1. The van der Waals surface area contributed by atoms with E-state index in [4.69, 9.17) is 4.74 Å². The molecule has 158 valence electrons. The minimum absolute atomic E-state index is 0.120. The van der Waals surface area contributed by atoms with Crippen LogP contribution in [0.15, 0.2) is 60.9 Å². The van der Waals surface area contributed by atoms with Gasteiger partial charge in [0.2, 0.25) is 11.8 Å². The van der Waals surface area contributed by atoms with Gasteiger partial charge >= 0.3 is 0 Å². The molecule has 1 atom stereocenters. The van der Waals surface area contributed by atoms with Crippen LogP contribution in [0.25, 0.3) is 11.4 Å². The number of ether oxygens (including phenoxy) is 1. The quantitative estimate of drug-likeness (QED) is 0.637. The zero-order chi connectivity index (χ0) is 21.8. The summed E-state index contributed by atoms with van der Waals surface area (Å²) in [6.07, 6.45) is 3.13. The number of nitrogens with zero attached hydrogens (tertiary/aromatic N) is 3. The Bertz CT molecular complexity index is 1100. The fourth-order valence-electron chi connectivity index (χ4n) is 3.50. The number of benzene rings is 2. The summed E-state index contributed by atoms with van der Waals surface area (Å²) in [5.41, 5.74) is 1.78. The van der Waals surface area contributed by atoms with E-state index in [9.17, 15) is 14.7 Å². The van der Waals surface area contributed by atoms with Gasteiger partial charge in [-0.25, -0.2) is 9.97 Å². The molecule has 2 amide bonds. The molecule has 0 spiro atoms. The first kappa shape index (κ1) is 20.3. The van der Waals surface area contributed by atoms with Gasteiger partial charge in [0.05, 0.1) is 36.3 Å². The molecule has 1 saturated heterocycles. The predicted molar refractivity (Wildman–Crippen MR) is 116 cm³/mol. The van der Waals surface area contributed by atoms with Crippen molar-refractivity contribution in [3.05, 3.63) is 60.9 Å². The number of carbonyl (C=O) groups excluding carboxylic acids is 2. The van der Waals surface area contributed by atoms with Gasteiger partial charge in [0.1, 0.15) is 11.5 Å². The Labute approximate surface area is 179 Å². The molecule has 1 aromatic heterocycles. The smallest absolute Gasteiger partial charge is 0.229 e. The van der Waals surface area contributed by atoms with Gasteiger partial charge in [-0.15, -0.1) is 0 Å². The van der Waals surface area contributed by atoms with Crippen molar-refractivity contribution in [1.82, 2.24) is 9.97 Å². The summed E-state index contributed by atoms with van der Waals surface area (Å²) >= 11 is 0. The van der Waals surface area contributed by atoms with E-state index in [2.05, 4.69) is 15.3 Å². The maximum Gasteiger partial charge on any atom is 0.229 e. The van der Waals surface area contributed by atoms with E-state index in [0.29, 0.717) is 35.1 Å². The molecule has 2 heterocycles. The molecule has 2 N–H and O–H groups in total. The lowest BCUT2D eigenvalue weighted by Gasteiger charge is -2.20. The summed E-state index contributed by atoms with van der Waals surface area (Å²) in [6, 6.07) is 13.9. The topological polar surface area (TPSA) is 105 Å². The normalized spacial score (nSPS) is 15.7. The molecule has 8 nitrogen and oxygen atoms in total. The lowest BCUT2D eigenvalue weighted by Crippen LogP contribution is -2.28. The molecule has 0 bridgehead atoms. The van der Waals surface area contributed by atoms with Gasteiger partial charge in [-0.05, 0) is 31.2 Å². The summed E-state index contributed by atoms with van der Waals surface area (Å²) in [5.74, 6) is 0.299. The van der Waals surface area contributed by atoms with Crippen molar-refractivity contribution in [2.45, 2.75) is 13.3 Å². The lowest BCUT2D eigenvalue weighted by molar-refractivity contribution is -0.122. The van der Waals surface area contributed by atoms with E-state index in [1.54, 1.807) is 29.2 Å². The van der Waals surface area contributed by atoms with Crippen LogP contribution in [0.3, 0.4) is 0 Å². The highest BCUT2D eigenvalue weighted by atomic mass is 16.5. The molecule has 8 heteroatoms. The largest absolute Gasteiger partial charge is 0.508 e. The van der Waals surface area contributed by atoms with E-state index >= 15 is 0 Å². The number of anilines is 2. The molecule has 4 rings (SSSR count). The van der Waals surface area contributed by atoms with Gasteiger partial charge in [0.15, 0.2) is 5.82 Å². The summed E-state index contributed by atoms with van der Waals surface area (Å²) in [6.45, 7) is 2.64. The fourth-order valence-corrected chi connectivity index (χ4v) is 3.50. The molecule has 0 radical (unpaired) electrons. The third-order valence-electron chi connectivity index (χ3n) is 4.98. The van der Waals surface area contributed by atoms with Gasteiger partial charge in [-0.1, -0.05) is 24.3 Å². The van der Waals surface area contributed by atoms with Crippen LogP contribution in [0.1, 0.15) is 13.3 Å². The van der Waals surface area contributed by atoms with Crippen LogP contribution < -0.4 is 15.0 Å². The molecule has 2 aromatic carbocycles. The highest BCUT2D eigenvalue weighted by Gasteiger charge is 2.36. The number of phenolic OH excluding ortho intramolecular Hbond substituents is 1. The van der Waals surface area contributed by atoms with Crippen molar-refractivity contribution in [3.63, 3.8) is 0 Å². The van der Waals surface area contributed by atoms with Crippen LogP contribution in [0.2, 0.25) is 0 Å². The summed E-state index contributed by atoms with van der Waals surface area (Å²) < 4.78 is 5.62. The lowest BCUT2D eigenvalue weighted by atomic mass is 10.1. The van der Waals surface area contributed by atoms with Gasteiger partial charge in [-0.3, -0.25) is 9.59 Å². The molecule has 1 aliphatic heterocycles. The highest BCUT2D eigenvalue weighted by Crippen LogP contribution is 2.33. The molecule has 0 aliphatic carbocycles. The van der Waals surface area contributed by atoms with Crippen molar-refractivity contribution in [3.8, 4) is 22.9 Å². The summed E-state index contributed by atoms with van der Waals surface area (Å²) in [7, 11) is 0. The molecule has 1 unspecified atom stereocenters. The van der Waals surface area contributed by atoms with Crippen molar-refractivity contribution >= 4 is 23.2 Å². The second kappa shape index (κ2) is 8.83. The van der Waals surface area contributed by atoms with Crippen LogP contribution in [-0.4, -0.2) is 40.0 Å². The number of hydrogen-bond donors (Lipinski definition) is 2. The van der Waals surface area contributed by atoms with E-state index in [-0.39, 0.29) is 30.5 Å².